The number of amides is 1. The minimum Gasteiger partial charge on any atom is -0.437 e. The first-order valence-electron chi connectivity index (χ1n) is 8.89. The summed E-state index contributed by atoms with van der Waals surface area (Å²) in [5.41, 5.74) is 2.43. The van der Waals surface area contributed by atoms with Gasteiger partial charge in [-0.05, 0) is 45.7 Å². The van der Waals surface area contributed by atoms with Gasteiger partial charge >= 0.3 is 0 Å². The van der Waals surface area contributed by atoms with Crippen molar-refractivity contribution in [3.8, 4) is 5.75 Å². The highest BCUT2D eigenvalue weighted by Gasteiger charge is 2.20. The molecule has 0 radical (unpaired) electrons. The van der Waals surface area contributed by atoms with Gasteiger partial charge in [-0.1, -0.05) is 6.08 Å². The molecule has 142 valence electrons. The van der Waals surface area contributed by atoms with E-state index in [-0.39, 0.29) is 11.9 Å². The highest BCUT2D eigenvalue weighted by Crippen LogP contribution is 2.30. The van der Waals surface area contributed by atoms with Crippen molar-refractivity contribution in [3.63, 3.8) is 0 Å². The smallest absolute Gasteiger partial charge is 0.251 e. The topological polar surface area (TPSA) is 68.5 Å². The normalized spacial score (nSPS) is 14.0. The summed E-state index contributed by atoms with van der Waals surface area (Å²) in [5, 5.41) is 7.04. The average molecular weight is 370 g/mol. The molecule has 1 aliphatic rings. The number of rotatable bonds is 5. The van der Waals surface area contributed by atoms with Crippen molar-refractivity contribution in [1.82, 2.24) is 9.78 Å². The van der Waals surface area contributed by atoms with Gasteiger partial charge in [0.2, 0.25) is 5.90 Å². The standard InChI is InChI=1S/C20H23FN4O2/c1-12(2)25-17(8-9-23-25)20(22-4)27-18-11-15(21)10-16(13(18)3)24-19(26)14-6-5-7-14/h6,8-12H,5,7H2,1-4H3,(H,24,26). The number of carbonyl (C=O) groups excluding carboxylic acids is 1. The van der Waals surface area contributed by atoms with Gasteiger partial charge in [0.1, 0.15) is 17.3 Å². The Morgan fingerprint density at radius 2 is 2.15 bits per heavy atom. The first-order chi connectivity index (χ1) is 12.9. The maximum Gasteiger partial charge on any atom is 0.251 e. The second kappa shape index (κ2) is 7.73. The Balaban J connectivity index is 1.89. The number of nitrogens with one attached hydrogen (secondary N) is 1. The number of ether oxygens (including phenoxy) is 1. The molecule has 27 heavy (non-hydrogen) atoms. The number of halogens is 1. The second-order valence-electron chi connectivity index (χ2n) is 6.68. The van der Waals surface area contributed by atoms with E-state index < -0.39 is 5.82 Å². The molecular weight excluding hydrogens is 347 g/mol. The summed E-state index contributed by atoms with van der Waals surface area (Å²) >= 11 is 0. The van der Waals surface area contributed by atoms with E-state index in [0.717, 1.165) is 18.4 Å². The zero-order chi connectivity index (χ0) is 19.6. The fourth-order valence-electron chi connectivity index (χ4n) is 2.80. The quantitative estimate of drug-likeness (QED) is 0.638. The van der Waals surface area contributed by atoms with Gasteiger partial charge in [-0.3, -0.25) is 14.5 Å². The molecule has 0 fully saturated rings. The summed E-state index contributed by atoms with van der Waals surface area (Å²) in [6.45, 7) is 5.77. The van der Waals surface area contributed by atoms with Gasteiger partial charge < -0.3 is 10.1 Å². The second-order valence-corrected chi connectivity index (χ2v) is 6.68. The van der Waals surface area contributed by atoms with Crippen LogP contribution < -0.4 is 10.1 Å². The molecule has 3 rings (SSSR count). The van der Waals surface area contributed by atoms with Crippen LogP contribution in [0.25, 0.3) is 0 Å². The maximum atomic E-state index is 14.2. The number of aromatic nitrogens is 2. The van der Waals surface area contributed by atoms with Gasteiger partial charge in [-0.2, -0.15) is 5.10 Å². The highest BCUT2D eigenvalue weighted by molar-refractivity contribution is 6.05. The zero-order valence-electron chi connectivity index (χ0n) is 15.9. The Morgan fingerprint density at radius 3 is 2.74 bits per heavy atom. The van der Waals surface area contributed by atoms with E-state index in [1.54, 1.807) is 30.9 Å². The molecule has 0 saturated heterocycles. The van der Waals surface area contributed by atoms with Crippen LogP contribution in [0.5, 0.6) is 5.75 Å². The Morgan fingerprint density at radius 1 is 1.41 bits per heavy atom. The molecule has 0 spiro atoms. The third-order valence-corrected chi connectivity index (χ3v) is 4.46. The van der Waals surface area contributed by atoms with E-state index in [9.17, 15) is 9.18 Å². The zero-order valence-corrected chi connectivity index (χ0v) is 15.9. The highest BCUT2D eigenvalue weighted by atomic mass is 19.1. The number of allylic oxidation sites excluding steroid dienone is 1. The van der Waals surface area contributed by atoms with Crippen molar-refractivity contribution in [1.29, 1.82) is 0 Å². The molecule has 0 aliphatic heterocycles. The molecule has 0 saturated carbocycles. The molecular formula is C20H23FN4O2. The number of aliphatic imine (C=N–C) groups is 1. The molecule has 0 bridgehead atoms. The van der Waals surface area contributed by atoms with Gasteiger partial charge in [0, 0.05) is 36.5 Å². The van der Waals surface area contributed by atoms with Crippen LogP contribution in [0, 0.1) is 12.7 Å². The SMILES string of the molecule is CN=C(Oc1cc(F)cc(NC(=O)C2=CCC2)c1C)c1ccnn1C(C)C. The lowest BCUT2D eigenvalue weighted by molar-refractivity contribution is -0.113. The van der Waals surface area contributed by atoms with Gasteiger partial charge in [-0.15, -0.1) is 0 Å². The lowest BCUT2D eigenvalue weighted by Gasteiger charge is -2.18. The van der Waals surface area contributed by atoms with Crippen molar-refractivity contribution >= 4 is 17.5 Å². The van der Waals surface area contributed by atoms with Crippen LogP contribution in [-0.2, 0) is 4.79 Å². The number of hydrogen-bond acceptors (Lipinski definition) is 4. The number of hydrogen-bond donors (Lipinski definition) is 1. The van der Waals surface area contributed by atoms with Gasteiger partial charge in [0.25, 0.3) is 5.91 Å². The fraction of sp³-hybridized carbons (Fsp3) is 0.350. The number of nitrogens with zero attached hydrogens (tertiary/aromatic N) is 3. The molecule has 6 nitrogen and oxygen atoms in total. The Kier molecular flexibility index (Phi) is 5.39. The molecule has 1 aromatic carbocycles. The summed E-state index contributed by atoms with van der Waals surface area (Å²) in [6.07, 6.45) is 5.19. The van der Waals surface area contributed by atoms with Crippen LogP contribution in [0.15, 0.2) is 41.0 Å². The first-order valence-corrected chi connectivity index (χ1v) is 8.89. The van der Waals surface area contributed by atoms with E-state index in [1.807, 2.05) is 19.9 Å². The summed E-state index contributed by atoms with van der Waals surface area (Å²) in [7, 11) is 1.60. The maximum absolute atomic E-state index is 14.2. The minimum absolute atomic E-state index is 0.120. The Bertz CT molecular complexity index is 928. The molecule has 0 unspecified atom stereocenters. The van der Waals surface area contributed by atoms with Crippen LogP contribution in [0.4, 0.5) is 10.1 Å². The third-order valence-electron chi connectivity index (χ3n) is 4.46. The minimum atomic E-state index is -0.499. The molecule has 0 atom stereocenters. The van der Waals surface area contributed by atoms with Crippen molar-refractivity contribution < 1.29 is 13.9 Å². The summed E-state index contributed by atoms with van der Waals surface area (Å²) in [6, 6.07) is 4.49. The monoisotopic (exact) mass is 370 g/mol. The van der Waals surface area contributed by atoms with Crippen molar-refractivity contribution in [3.05, 3.63) is 53.1 Å². The number of carbonyl (C=O) groups is 1. The van der Waals surface area contributed by atoms with Gasteiger partial charge in [0.15, 0.2) is 0 Å². The molecule has 1 aromatic heterocycles. The molecule has 1 heterocycles. The largest absolute Gasteiger partial charge is 0.437 e. The van der Waals surface area contributed by atoms with Crippen molar-refractivity contribution in [2.24, 2.45) is 4.99 Å². The van der Waals surface area contributed by atoms with Crippen LogP contribution in [-0.4, -0.2) is 28.6 Å². The van der Waals surface area contributed by atoms with Crippen LogP contribution >= 0.6 is 0 Å². The average Bonchev–Trinajstić information content (AvgIpc) is 3.04. The summed E-state index contributed by atoms with van der Waals surface area (Å²) < 4.78 is 21.9. The molecule has 1 amide bonds. The van der Waals surface area contributed by atoms with E-state index >= 15 is 0 Å². The van der Waals surface area contributed by atoms with E-state index in [2.05, 4.69) is 15.4 Å². The van der Waals surface area contributed by atoms with Crippen molar-refractivity contribution in [2.75, 3.05) is 12.4 Å². The van der Waals surface area contributed by atoms with Gasteiger partial charge in [-0.25, -0.2) is 4.39 Å². The van der Waals surface area contributed by atoms with Crippen LogP contribution in [0.1, 0.15) is 44.0 Å². The van der Waals surface area contributed by atoms with E-state index in [0.29, 0.717) is 28.6 Å². The fourth-order valence-corrected chi connectivity index (χ4v) is 2.80. The molecule has 7 heteroatoms. The van der Waals surface area contributed by atoms with E-state index in [1.165, 1.54) is 12.1 Å². The molecule has 1 N–H and O–H groups in total. The number of benzene rings is 1. The van der Waals surface area contributed by atoms with Gasteiger partial charge in [0.05, 0.1) is 5.69 Å². The van der Waals surface area contributed by atoms with Crippen molar-refractivity contribution in [2.45, 2.75) is 39.7 Å². The third kappa shape index (κ3) is 3.92. The predicted molar refractivity (Wildman–Crippen MR) is 103 cm³/mol. The summed E-state index contributed by atoms with van der Waals surface area (Å²) in [5.74, 6) is -0.0802. The first kappa shape index (κ1) is 18.8. The molecule has 2 aromatic rings. The van der Waals surface area contributed by atoms with Crippen LogP contribution in [0.3, 0.4) is 0 Å². The molecule has 1 aliphatic carbocycles. The summed E-state index contributed by atoms with van der Waals surface area (Å²) in [4.78, 5) is 16.4. The lowest BCUT2D eigenvalue weighted by atomic mass is 9.98. The van der Waals surface area contributed by atoms with Crippen LogP contribution in [0.2, 0.25) is 0 Å². The number of anilines is 1. The Hall–Kier alpha value is -2.96. The predicted octanol–water partition coefficient (Wildman–Crippen LogP) is 4.03. The van der Waals surface area contributed by atoms with E-state index in [4.69, 9.17) is 4.74 Å². The Labute approximate surface area is 157 Å². The lowest BCUT2D eigenvalue weighted by Crippen LogP contribution is -2.20.